The smallest absolute Gasteiger partial charge is 0.122 e. The second-order valence-corrected chi connectivity index (χ2v) is 5.26. The monoisotopic (exact) mass is 295 g/mol. The van der Waals surface area contributed by atoms with Crippen LogP contribution in [0.4, 0.5) is 0 Å². The summed E-state index contributed by atoms with van der Waals surface area (Å²) in [5, 5.41) is 9.33. The largest absolute Gasteiger partial charge is 0.497 e. The molecule has 0 N–H and O–H groups in total. The standard InChI is InChI=1S/C19H21NO2/c1-15-8-10-16(11-9-15)17(14-20)5-4-12-22-19-7-3-6-18(13-19)21-2/h3,6-11,13,17H,4-5,12H2,1-2H3. The molecule has 2 rings (SSSR count). The fourth-order valence-electron chi connectivity index (χ4n) is 2.27. The van der Waals surface area contributed by atoms with Crippen LogP contribution in [-0.2, 0) is 0 Å². The van der Waals surface area contributed by atoms with Crippen LogP contribution in [0.5, 0.6) is 11.5 Å². The summed E-state index contributed by atoms with van der Waals surface area (Å²) in [5.41, 5.74) is 2.29. The van der Waals surface area contributed by atoms with E-state index in [4.69, 9.17) is 9.47 Å². The third-order valence-electron chi connectivity index (χ3n) is 3.58. The van der Waals surface area contributed by atoms with Crippen molar-refractivity contribution in [3.63, 3.8) is 0 Å². The maximum Gasteiger partial charge on any atom is 0.122 e. The van der Waals surface area contributed by atoms with Gasteiger partial charge in [-0.05, 0) is 37.5 Å². The van der Waals surface area contributed by atoms with Crippen LogP contribution in [-0.4, -0.2) is 13.7 Å². The van der Waals surface area contributed by atoms with E-state index in [9.17, 15) is 5.26 Å². The molecule has 114 valence electrons. The first-order valence-electron chi connectivity index (χ1n) is 7.46. The van der Waals surface area contributed by atoms with Gasteiger partial charge in [-0.25, -0.2) is 0 Å². The molecule has 0 fully saturated rings. The molecule has 1 atom stereocenters. The van der Waals surface area contributed by atoms with Gasteiger partial charge < -0.3 is 9.47 Å². The highest BCUT2D eigenvalue weighted by Crippen LogP contribution is 2.22. The highest BCUT2D eigenvalue weighted by molar-refractivity contribution is 5.32. The Morgan fingerprint density at radius 1 is 1.09 bits per heavy atom. The lowest BCUT2D eigenvalue weighted by Gasteiger charge is -2.11. The van der Waals surface area contributed by atoms with Gasteiger partial charge in [0, 0.05) is 6.07 Å². The zero-order chi connectivity index (χ0) is 15.8. The van der Waals surface area contributed by atoms with Crippen LogP contribution < -0.4 is 9.47 Å². The van der Waals surface area contributed by atoms with Crippen molar-refractivity contribution in [2.45, 2.75) is 25.7 Å². The fraction of sp³-hybridized carbons (Fsp3) is 0.316. The molecule has 0 bridgehead atoms. The topological polar surface area (TPSA) is 42.2 Å². The number of ether oxygens (including phenoxy) is 2. The Labute approximate surface area is 132 Å². The third-order valence-corrected chi connectivity index (χ3v) is 3.58. The van der Waals surface area contributed by atoms with Crippen LogP contribution in [0, 0.1) is 18.3 Å². The molecule has 0 aliphatic carbocycles. The molecule has 22 heavy (non-hydrogen) atoms. The van der Waals surface area contributed by atoms with Gasteiger partial charge in [0.25, 0.3) is 0 Å². The Kier molecular flexibility index (Phi) is 5.85. The number of hydrogen-bond donors (Lipinski definition) is 0. The van der Waals surface area contributed by atoms with Gasteiger partial charge in [-0.2, -0.15) is 5.26 Å². The Morgan fingerprint density at radius 2 is 1.82 bits per heavy atom. The number of nitrogens with zero attached hydrogens (tertiary/aromatic N) is 1. The van der Waals surface area contributed by atoms with Crippen molar-refractivity contribution in [1.82, 2.24) is 0 Å². The fourth-order valence-corrected chi connectivity index (χ4v) is 2.27. The zero-order valence-corrected chi connectivity index (χ0v) is 13.1. The van der Waals surface area contributed by atoms with Crippen LogP contribution in [0.25, 0.3) is 0 Å². The summed E-state index contributed by atoms with van der Waals surface area (Å²) in [6, 6.07) is 18.1. The number of methoxy groups -OCH3 is 1. The summed E-state index contributed by atoms with van der Waals surface area (Å²) >= 11 is 0. The minimum absolute atomic E-state index is 0.0745. The molecule has 0 radical (unpaired) electrons. The molecule has 0 amide bonds. The van der Waals surface area contributed by atoms with Crippen LogP contribution in [0.1, 0.15) is 29.9 Å². The minimum Gasteiger partial charge on any atom is -0.497 e. The van der Waals surface area contributed by atoms with Crippen molar-refractivity contribution in [2.24, 2.45) is 0 Å². The summed E-state index contributed by atoms with van der Waals surface area (Å²) in [4.78, 5) is 0. The summed E-state index contributed by atoms with van der Waals surface area (Å²) in [6.07, 6.45) is 1.63. The van der Waals surface area contributed by atoms with Gasteiger partial charge in [-0.1, -0.05) is 35.9 Å². The average molecular weight is 295 g/mol. The van der Waals surface area contributed by atoms with Crippen LogP contribution in [0.3, 0.4) is 0 Å². The second kappa shape index (κ2) is 8.09. The van der Waals surface area contributed by atoms with E-state index in [1.54, 1.807) is 7.11 Å². The quantitative estimate of drug-likeness (QED) is 0.708. The lowest BCUT2D eigenvalue weighted by molar-refractivity contribution is 0.302. The molecular formula is C19H21NO2. The predicted octanol–water partition coefficient (Wildman–Crippen LogP) is 4.47. The van der Waals surface area contributed by atoms with Crippen molar-refractivity contribution in [3.8, 4) is 17.6 Å². The number of rotatable bonds is 7. The molecule has 0 aliphatic rings. The van der Waals surface area contributed by atoms with Gasteiger partial charge in [0.05, 0.1) is 25.7 Å². The lowest BCUT2D eigenvalue weighted by Crippen LogP contribution is -2.02. The summed E-state index contributed by atoms with van der Waals surface area (Å²) < 4.78 is 10.9. The second-order valence-electron chi connectivity index (χ2n) is 5.26. The predicted molar refractivity (Wildman–Crippen MR) is 87.3 cm³/mol. The van der Waals surface area contributed by atoms with Gasteiger partial charge in [0.15, 0.2) is 0 Å². The highest BCUT2D eigenvalue weighted by atomic mass is 16.5. The van der Waals surface area contributed by atoms with Gasteiger partial charge in [0.1, 0.15) is 11.5 Å². The van der Waals surface area contributed by atoms with E-state index in [2.05, 4.69) is 6.07 Å². The highest BCUT2D eigenvalue weighted by Gasteiger charge is 2.10. The van der Waals surface area contributed by atoms with E-state index < -0.39 is 0 Å². The van der Waals surface area contributed by atoms with Crippen LogP contribution in [0.15, 0.2) is 48.5 Å². The maximum atomic E-state index is 9.33. The molecule has 0 saturated carbocycles. The van der Waals surface area contributed by atoms with E-state index in [1.165, 1.54) is 5.56 Å². The van der Waals surface area contributed by atoms with Crippen molar-refractivity contribution in [2.75, 3.05) is 13.7 Å². The molecule has 3 heteroatoms. The van der Waals surface area contributed by atoms with Gasteiger partial charge in [-0.15, -0.1) is 0 Å². The number of aryl methyl sites for hydroxylation is 1. The summed E-state index contributed by atoms with van der Waals surface area (Å²) in [7, 11) is 1.64. The van der Waals surface area contributed by atoms with Crippen LogP contribution in [0.2, 0.25) is 0 Å². The van der Waals surface area contributed by atoms with E-state index in [1.807, 2.05) is 55.5 Å². The Bertz CT molecular complexity index is 629. The molecule has 0 aliphatic heterocycles. The van der Waals surface area contributed by atoms with Crippen molar-refractivity contribution >= 4 is 0 Å². The number of nitriles is 1. The first kappa shape index (κ1) is 15.9. The Hall–Kier alpha value is -2.47. The first-order chi connectivity index (χ1) is 10.7. The van der Waals surface area contributed by atoms with Crippen LogP contribution >= 0.6 is 0 Å². The Balaban J connectivity index is 1.81. The lowest BCUT2D eigenvalue weighted by atomic mass is 9.95. The van der Waals surface area contributed by atoms with E-state index >= 15 is 0 Å². The zero-order valence-electron chi connectivity index (χ0n) is 13.1. The van der Waals surface area contributed by atoms with E-state index in [0.29, 0.717) is 6.61 Å². The van der Waals surface area contributed by atoms with Crippen molar-refractivity contribution in [1.29, 1.82) is 5.26 Å². The normalized spacial score (nSPS) is 11.5. The molecule has 0 saturated heterocycles. The van der Waals surface area contributed by atoms with E-state index in [-0.39, 0.29) is 5.92 Å². The summed E-state index contributed by atoms with van der Waals surface area (Å²) in [6.45, 7) is 2.64. The molecule has 1 unspecified atom stereocenters. The van der Waals surface area contributed by atoms with Crippen molar-refractivity contribution < 1.29 is 9.47 Å². The number of hydrogen-bond acceptors (Lipinski definition) is 3. The maximum absolute atomic E-state index is 9.33. The number of benzene rings is 2. The first-order valence-corrected chi connectivity index (χ1v) is 7.46. The van der Waals surface area contributed by atoms with Gasteiger partial charge in [0.2, 0.25) is 0 Å². The molecule has 0 heterocycles. The van der Waals surface area contributed by atoms with Gasteiger partial charge in [-0.3, -0.25) is 0 Å². The average Bonchev–Trinajstić information content (AvgIpc) is 2.56. The molecule has 3 nitrogen and oxygen atoms in total. The molecule has 2 aromatic carbocycles. The molecule has 2 aromatic rings. The van der Waals surface area contributed by atoms with E-state index in [0.717, 1.165) is 29.9 Å². The third kappa shape index (κ3) is 4.53. The Morgan fingerprint density at radius 3 is 2.50 bits per heavy atom. The SMILES string of the molecule is COc1cccc(OCCCC(C#N)c2ccc(C)cc2)c1. The molecular weight excluding hydrogens is 274 g/mol. The van der Waals surface area contributed by atoms with Gasteiger partial charge >= 0.3 is 0 Å². The molecule has 0 spiro atoms. The summed E-state index contributed by atoms with van der Waals surface area (Å²) in [5.74, 6) is 1.50. The molecule has 0 aromatic heterocycles. The minimum atomic E-state index is -0.0745. The van der Waals surface area contributed by atoms with Crippen molar-refractivity contribution in [3.05, 3.63) is 59.7 Å².